The zero-order valence-electron chi connectivity index (χ0n) is 18.4. The van der Waals surface area contributed by atoms with E-state index >= 15 is 0 Å². The quantitative estimate of drug-likeness (QED) is 0.226. The van der Waals surface area contributed by atoms with E-state index in [-0.39, 0.29) is 0 Å². The lowest BCUT2D eigenvalue weighted by Gasteiger charge is -2.30. The van der Waals surface area contributed by atoms with Crippen LogP contribution in [0.15, 0.2) is 23.6 Å². The molecule has 8 nitrogen and oxygen atoms in total. The van der Waals surface area contributed by atoms with Crippen molar-refractivity contribution < 1.29 is 5.21 Å². The largest absolute Gasteiger partial charge is 0.409 e. The molecule has 3 aromatic rings. The number of nitrogens with zero attached hydrogens (tertiary/aromatic N) is 5. The number of hydrogen-bond donors (Lipinski definition) is 3. The molecule has 0 atom stereocenters. The summed E-state index contributed by atoms with van der Waals surface area (Å²) in [4.78, 5) is 12.7. The van der Waals surface area contributed by atoms with Gasteiger partial charge >= 0.3 is 0 Å². The Balaban J connectivity index is 1.46. The number of hydrogen-bond acceptors (Lipinski definition) is 5. The van der Waals surface area contributed by atoms with Gasteiger partial charge in [-0.15, -0.1) is 0 Å². The van der Waals surface area contributed by atoms with E-state index in [1.165, 1.54) is 19.3 Å². The molecule has 168 valence electrons. The van der Waals surface area contributed by atoms with Crippen molar-refractivity contribution in [2.24, 2.45) is 17.0 Å². The molecule has 3 heterocycles. The van der Waals surface area contributed by atoms with Crippen molar-refractivity contribution in [3.05, 3.63) is 24.3 Å². The van der Waals surface area contributed by atoms with E-state index in [1.54, 1.807) is 0 Å². The molecular formula is C24H31N7O. The SMILES string of the molecule is N#CC[C@H]1CC[C@H](n2c(CN/C(=N/O)C3CCCCC3)nc3cnc4[nH]ccc4c32)CC1. The van der Waals surface area contributed by atoms with Gasteiger partial charge in [0.15, 0.2) is 0 Å². The highest BCUT2D eigenvalue weighted by Gasteiger charge is 2.27. The Labute approximate surface area is 187 Å². The molecule has 0 saturated heterocycles. The summed E-state index contributed by atoms with van der Waals surface area (Å²) < 4.78 is 2.39. The molecular weight excluding hydrogens is 402 g/mol. The molecule has 0 aliphatic heterocycles. The Morgan fingerprint density at radius 1 is 1.22 bits per heavy atom. The maximum atomic E-state index is 9.67. The summed E-state index contributed by atoms with van der Waals surface area (Å²) >= 11 is 0. The zero-order chi connectivity index (χ0) is 21.9. The van der Waals surface area contributed by atoms with Crippen LogP contribution in [0.1, 0.15) is 76.1 Å². The Kier molecular flexibility index (Phi) is 5.97. The van der Waals surface area contributed by atoms with Gasteiger partial charge in [-0.25, -0.2) is 9.97 Å². The van der Waals surface area contributed by atoms with Gasteiger partial charge in [0.1, 0.15) is 22.8 Å². The van der Waals surface area contributed by atoms with Crippen LogP contribution in [-0.4, -0.2) is 30.6 Å². The first-order chi connectivity index (χ1) is 15.8. The predicted molar refractivity (Wildman–Crippen MR) is 123 cm³/mol. The topological polar surface area (TPSA) is 115 Å². The minimum atomic E-state index is 0.297. The van der Waals surface area contributed by atoms with Gasteiger partial charge in [-0.2, -0.15) is 5.26 Å². The molecule has 32 heavy (non-hydrogen) atoms. The summed E-state index contributed by atoms with van der Waals surface area (Å²) in [6.07, 6.45) is 14.4. The monoisotopic (exact) mass is 433 g/mol. The number of H-pyrrole nitrogens is 1. The molecule has 0 amide bonds. The van der Waals surface area contributed by atoms with Gasteiger partial charge in [-0.3, -0.25) is 0 Å². The van der Waals surface area contributed by atoms with Crippen LogP contribution >= 0.6 is 0 Å². The van der Waals surface area contributed by atoms with E-state index in [9.17, 15) is 5.21 Å². The fourth-order valence-electron chi connectivity index (χ4n) is 5.70. The molecule has 0 aromatic carbocycles. The highest BCUT2D eigenvalue weighted by molar-refractivity contribution is 6.01. The van der Waals surface area contributed by atoms with Crippen molar-refractivity contribution in [1.29, 1.82) is 5.26 Å². The molecule has 2 aliphatic carbocycles. The molecule has 2 aliphatic rings. The van der Waals surface area contributed by atoms with Gasteiger partial charge in [0.25, 0.3) is 0 Å². The maximum absolute atomic E-state index is 9.67. The Hall–Kier alpha value is -3.08. The van der Waals surface area contributed by atoms with E-state index in [0.29, 0.717) is 36.7 Å². The first-order valence-corrected chi connectivity index (χ1v) is 11.9. The van der Waals surface area contributed by atoms with Gasteiger partial charge in [0.2, 0.25) is 0 Å². The number of oxime groups is 1. The van der Waals surface area contributed by atoms with Crippen LogP contribution in [0.4, 0.5) is 0 Å². The third-order valence-electron chi connectivity index (χ3n) is 7.40. The first kappa shape index (κ1) is 20.8. The summed E-state index contributed by atoms with van der Waals surface area (Å²) in [6.45, 7) is 0.522. The third-order valence-corrected chi connectivity index (χ3v) is 7.40. The highest BCUT2D eigenvalue weighted by Crippen LogP contribution is 2.38. The predicted octanol–water partition coefficient (Wildman–Crippen LogP) is 5.02. The number of aromatic amines is 1. The molecule has 5 rings (SSSR count). The number of aromatic nitrogens is 4. The van der Waals surface area contributed by atoms with E-state index in [1.807, 2.05) is 12.4 Å². The zero-order valence-corrected chi connectivity index (χ0v) is 18.4. The molecule has 8 heteroatoms. The lowest BCUT2D eigenvalue weighted by Crippen LogP contribution is -2.33. The Morgan fingerprint density at radius 2 is 2.03 bits per heavy atom. The van der Waals surface area contributed by atoms with Crippen LogP contribution < -0.4 is 5.32 Å². The van der Waals surface area contributed by atoms with Gasteiger partial charge in [-0.05, 0) is 50.5 Å². The average molecular weight is 434 g/mol. The molecule has 0 bridgehead atoms. The van der Waals surface area contributed by atoms with Crippen molar-refractivity contribution in [2.75, 3.05) is 0 Å². The minimum Gasteiger partial charge on any atom is -0.409 e. The van der Waals surface area contributed by atoms with Crippen LogP contribution in [0.5, 0.6) is 0 Å². The van der Waals surface area contributed by atoms with Crippen LogP contribution in [0.2, 0.25) is 0 Å². The third kappa shape index (κ3) is 3.92. The molecule has 0 unspecified atom stereocenters. The summed E-state index contributed by atoms with van der Waals surface area (Å²) in [7, 11) is 0. The van der Waals surface area contributed by atoms with Crippen molar-refractivity contribution in [1.82, 2.24) is 24.8 Å². The van der Waals surface area contributed by atoms with Crippen molar-refractivity contribution in [3.8, 4) is 6.07 Å². The number of pyridine rings is 1. The fourth-order valence-corrected chi connectivity index (χ4v) is 5.70. The Bertz CT molecular complexity index is 1140. The molecule has 0 spiro atoms. The number of rotatable bonds is 5. The number of fused-ring (bicyclic) bond motifs is 3. The highest BCUT2D eigenvalue weighted by atomic mass is 16.4. The molecule has 3 aromatic heterocycles. The molecule has 2 saturated carbocycles. The second-order valence-corrected chi connectivity index (χ2v) is 9.34. The molecule has 3 N–H and O–H groups in total. The summed E-state index contributed by atoms with van der Waals surface area (Å²) in [6, 6.07) is 4.76. The van der Waals surface area contributed by atoms with Gasteiger partial charge in [-0.1, -0.05) is 24.4 Å². The van der Waals surface area contributed by atoms with Crippen molar-refractivity contribution in [3.63, 3.8) is 0 Å². The summed E-state index contributed by atoms with van der Waals surface area (Å²) in [5.41, 5.74) is 2.89. The fraction of sp³-hybridized carbons (Fsp3) is 0.583. The van der Waals surface area contributed by atoms with E-state index < -0.39 is 0 Å². The number of amidine groups is 1. The second-order valence-electron chi connectivity index (χ2n) is 9.34. The standard InChI is InChI=1S/C24H31N7O/c25-12-10-16-6-8-18(9-7-16)31-21(15-28-23(30-32)17-4-2-1-3-5-17)29-20-14-27-24-19(22(20)31)11-13-26-24/h11,13-14,16-18,32H,1-10,15H2,(H,26,27)(H,28,30)/t16-,18-. The van der Waals surface area contributed by atoms with Gasteiger partial charge < -0.3 is 20.1 Å². The number of imidazole rings is 1. The lowest BCUT2D eigenvalue weighted by molar-refractivity contribution is 0.277. The van der Waals surface area contributed by atoms with E-state index in [0.717, 1.165) is 66.4 Å². The number of nitriles is 1. The van der Waals surface area contributed by atoms with Crippen LogP contribution in [-0.2, 0) is 6.54 Å². The van der Waals surface area contributed by atoms with Gasteiger partial charge in [0.05, 0.1) is 24.3 Å². The van der Waals surface area contributed by atoms with Crippen LogP contribution in [0.3, 0.4) is 0 Å². The number of nitrogens with one attached hydrogen (secondary N) is 2. The van der Waals surface area contributed by atoms with Crippen LogP contribution in [0, 0.1) is 23.2 Å². The van der Waals surface area contributed by atoms with Crippen molar-refractivity contribution >= 4 is 27.9 Å². The van der Waals surface area contributed by atoms with E-state index in [4.69, 9.17) is 10.2 Å². The maximum Gasteiger partial charge on any atom is 0.145 e. The summed E-state index contributed by atoms with van der Waals surface area (Å²) in [5.74, 6) is 2.44. The second kappa shape index (κ2) is 9.19. The molecule has 0 radical (unpaired) electrons. The molecule has 2 fully saturated rings. The van der Waals surface area contributed by atoms with Gasteiger partial charge in [0, 0.05) is 30.0 Å². The minimum absolute atomic E-state index is 0.297. The average Bonchev–Trinajstić information content (AvgIpc) is 3.45. The van der Waals surface area contributed by atoms with Crippen molar-refractivity contribution in [2.45, 2.75) is 76.8 Å². The lowest BCUT2D eigenvalue weighted by atomic mass is 9.84. The smallest absolute Gasteiger partial charge is 0.145 e. The first-order valence-electron chi connectivity index (χ1n) is 11.9. The Morgan fingerprint density at radius 3 is 2.78 bits per heavy atom. The van der Waals surface area contributed by atoms with E-state index in [2.05, 4.69) is 37.1 Å². The normalized spacial score (nSPS) is 22.9. The summed E-state index contributed by atoms with van der Waals surface area (Å²) in [5, 5.41) is 26.9. The van der Waals surface area contributed by atoms with Crippen LogP contribution in [0.25, 0.3) is 22.1 Å².